The fourth-order valence-electron chi connectivity index (χ4n) is 6.67. The van der Waals surface area contributed by atoms with Gasteiger partial charge in [0.25, 0.3) is 0 Å². The van der Waals surface area contributed by atoms with E-state index in [0.29, 0.717) is 5.92 Å². The van der Waals surface area contributed by atoms with Crippen molar-refractivity contribution in [2.24, 2.45) is 39.4 Å². The van der Waals surface area contributed by atoms with E-state index in [9.17, 15) is 4.57 Å². The molecule has 0 saturated carbocycles. The van der Waals surface area contributed by atoms with Crippen LogP contribution in [0, 0.1) is 39.4 Å². The van der Waals surface area contributed by atoms with Gasteiger partial charge in [0.15, 0.2) is 0 Å². The SMILES string of the molecule is B[C@@H]1O[C@H](C(C)(C)C)[C@H](O[P@@](=O)(S)OC[C@H]2O[C@@H](B)C(C(C)(C)C)[C@H]2C(C)(C)C)C1C(C)(C)C. The van der Waals surface area contributed by atoms with Crippen LogP contribution in [0.3, 0.4) is 0 Å². The highest BCUT2D eigenvalue weighted by molar-refractivity contribution is 8.44. The second-order valence-electron chi connectivity index (χ2n) is 15.0. The minimum absolute atomic E-state index is 0.0145. The molecule has 2 rings (SSSR count). The first-order valence-electron chi connectivity index (χ1n) is 12.9. The van der Waals surface area contributed by atoms with Gasteiger partial charge in [-0.2, -0.15) is 0 Å². The van der Waals surface area contributed by atoms with Gasteiger partial charge in [-0.3, -0.25) is 9.05 Å². The summed E-state index contributed by atoms with van der Waals surface area (Å²) < 4.78 is 38.6. The van der Waals surface area contributed by atoms with Gasteiger partial charge in [-0.15, -0.1) is 0 Å². The average molecular weight is 516 g/mol. The van der Waals surface area contributed by atoms with E-state index in [2.05, 4.69) is 111 Å². The lowest BCUT2D eigenvalue weighted by Crippen LogP contribution is -2.43. The second kappa shape index (κ2) is 10.0. The Kier molecular flexibility index (Phi) is 9.07. The summed E-state index contributed by atoms with van der Waals surface area (Å²) in [5, 5.41) is 0. The molecule has 198 valence electrons. The van der Waals surface area contributed by atoms with E-state index in [1.54, 1.807) is 0 Å². The average Bonchev–Trinajstić information content (AvgIpc) is 3.08. The molecule has 0 spiro atoms. The van der Waals surface area contributed by atoms with Crippen molar-refractivity contribution in [2.75, 3.05) is 6.61 Å². The number of ether oxygens (including phenoxy) is 2. The highest BCUT2D eigenvalue weighted by atomic mass is 32.7. The molecule has 2 aliphatic heterocycles. The van der Waals surface area contributed by atoms with E-state index >= 15 is 0 Å². The maximum Gasteiger partial charge on any atom is 0.386 e. The number of thiol groups is 1. The summed E-state index contributed by atoms with van der Waals surface area (Å²) in [5.74, 6) is 0.687. The fourth-order valence-corrected chi connectivity index (χ4v) is 8.14. The molecule has 2 heterocycles. The van der Waals surface area contributed by atoms with E-state index in [1.807, 2.05) is 0 Å². The Balaban J connectivity index is 2.24. The van der Waals surface area contributed by atoms with Gasteiger partial charge in [-0.1, -0.05) is 95.3 Å². The normalized spacial score (nSPS) is 37.7. The third-order valence-electron chi connectivity index (χ3n) is 7.71. The smallest absolute Gasteiger partial charge is 0.381 e. The third-order valence-corrected chi connectivity index (χ3v) is 9.33. The van der Waals surface area contributed by atoms with Crippen LogP contribution >= 0.6 is 19.0 Å². The van der Waals surface area contributed by atoms with Crippen molar-refractivity contribution in [1.29, 1.82) is 0 Å². The molecule has 2 unspecified atom stereocenters. The molecule has 2 fully saturated rings. The molecule has 2 aliphatic rings. The van der Waals surface area contributed by atoms with Crippen LogP contribution < -0.4 is 0 Å². The van der Waals surface area contributed by atoms with Gasteiger partial charge >= 0.3 is 6.80 Å². The first-order valence-corrected chi connectivity index (χ1v) is 15.6. The summed E-state index contributed by atoms with van der Waals surface area (Å²) in [6.07, 6.45) is -0.743. The fraction of sp³-hybridized carbons (Fsp3) is 1.00. The van der Waals surface area contributed by atoms with Gasteiger partial charge in [-0.05, 0) is 33.5 Å². The Bertz CT molecular complexity index is 752. The zero-order valence-electron chi connectivity index (χ0n) is 24.3. The van der Waals surface area contributed by atoms with Gasteiger partial charge in [0.05, 0.1) is 24.9 Å². The van der Waals surface area contributed by atoms with Crippen LogP contribution in [-0.4, -0.2) is 52.6 Å². The van der Waals surface area contributed by atoms with Crippen LogP contribution in [0.4, 0.5) is 0 Å². The molecule has 9 atom stereocenters. The number of rotatable bonds is 5. The van der Waals surface area contributed by atoms with E-state index in [1.165, 1.54) is 0 Å². The second-order valence-corrected chi connectivity index (χ2v) is 17.9. The lowest BCUT2D eigenvalue weighted by atomic mass is 9.59. The van der Waals surface area contributed by atoms with Crippen molar-refractivity contribution in [3.63, 3.8) is 0 Å². The molecular weight excluding hydrogens is 465 g/mol. The van der Waals surface area contributed by atoms with Gasteiger partial charge in [0, 0.05) is 17.9 Å². The first-order chi connectivity index (χ1) is 15.0. The third kappa shape index (κ3) is 7.10. The molecule has 0 bridgehead atoms. The van der Waals surface area contributed by atoms with E-state index < -0.39 is 6.80 Å². The molecule has 0 aromatic heterocycles. The van der Waals surface area contributed by atoms with Gasteiger partial charge in [0.2, 0.25) is 0 Å². The molecule has 0 radical (unpaired) electrons. The Morgan fingerprint density at radius 3 is 1.59 bits per heavy atom. The van der Waals surface area contributed by atoms with Gasteiger partial charge in [0.1, 0.15) is 15.7 Å². The van der Waals surface area contributed by atoms with Crippen LogP contribution in [-0.2, 0) is 23.1 Å². The molecule has 2 saturated heterocycles. The first kappa shape index (κ1) is 30.8. The summed E-state index contributed by atoms with van der Waals surface area (Å²) >= 11 is 4.44. The minimum Gasteiger partial charge on any atom is -0.381 e. The summed E-state index contributed by atoms with van der Waals surface area (Å²) in [5.41, 5.74) is -0.154. The monoisotopic (exact) mass is 516 g/mol. The lowest BCUT2D eigenvalue weighted by molar-refractivity contribution is -0.0356. The summed E-state index contributed by atoms with van der Waals surface area (Å²) in [6.45, 7) is 23.0. The van der Waals surface area contributed by atoms with Crippen molar-refractivity contribution >= 4 is 34.7 Å². The zero-order valence-corrected chi connectivity index (χ0v) is 26.1. The van der Waals surface area contributed by atoms with Crippen molar-refractivity contribution in [3.8, 4) is 0 Å². The maximum absolute atomic E-state index is 13.6. The van der Waals surface area contributed by atoms with E-state index in [-0.39, 0.29) is 70.4 Å². The molecule has 9 heteroatoms. The van der Waals surface area contributed by atoms with Crippen molar-refractivity contribution in [2.45, 2.75) is 113 Å². The predicted molar refractivity (Wildman–Crippen MR) is 150 cm³/mol. The molecule has 5 nitrogen and oxygen atoms in total. The molecule has 0 aromatic carbocycles. The highest BCUT2D eigenvalue weighted by Crippen LogP contribution is 2.60. The molecule has 34 heavy (non-hydrogen) atoms. The van der Waals surface area contributed by atoms with Gasteiger partial charge in [-0.25, -0.2) is 4.57 Å². The van der Waals surface area contributed by atoms with E-state index in [4.69, 9.17) is 18.5 Å². The van der Waals surface area contributed by atoms with Crippen molar-refractivity contribution in [3.05, 3.63) is 0 Å². The molecule has 0 aromatic rings. The molecule has 0 amide bonds. The van der Waals surface area contributed by atoms with Crippen molar-refractivity contribution < 1.29 is 23.1 Å². The van der Waals surface area contributed by atoms with Gasteiger partial charge < -0.3 is 9.47 Å². The Labute approximate surface area is 217 Å². The van der Waals surface area contributed by atoms with E-state index in [0.717, 1.165) is 0 Å². The summed E-state index contributed by atoms with van der Waals surface area (Å²) in [7, 11) is 4.22. The Morgan fingerprint density at radius 2 is 1.18 bits per heavy atom. The minimum atomic E-state index is -3.66. The Hall–Kier alpha value is 0.550. The predicted octanol–water partition coefficient (Wildman–Crippen LogP) is 5.18. The maximum atomic E-state index is 13.6. The summed E-state index contributed by atoms with van der Waals surface area (Å²) in [4.78, 5) is 0. The van der Waals surface area contributed by atoms with Crippen LogP contribution in [0.2, 0.25) is 0 Å². The van der Waals surface area contributed by atoms with Crippen LogP contribution in [0.25, 0.3) is 0 Å². The topological polar surface area (TPSA) is 54.0 Å². The standard InChI is InChI=1S/C25H51B2O5PS/c1-22(2,3)15-14(30-20(26)16(15)23(4,5)6)13-29-33(28,34)32-18-17(24(7,8)9)21(27)31-19(18)25(10,11)12/h14-21H,13,26-27H2,1-12H3,(H,28,34)/t14-,15+,16?,17?,18-,19+,20-,21-,33+/m1/s1. The zero-order chi connectivity index (χ0) is 26.7. The highest BCUT2D eigenvalue weighted by Gasteiger charge is 2.55. The molecule has 0 N–H and O–H groups in total. The number of hydrogen-bond donors (Lipinski definition) is 1. The number of hydrogen-bond acceptors (Lipinski definition) is 5. The van der Waals surface area contributed by atoms with Crippen LogP contribution in [0.15, 0.2) is 0 Å². The lowest BCUT2D eigenvalue weighted by Gasteiger charge is -2.41. The van der Waals surface area contributed by atoms with Crippen LogP contribution in [0.1, 0.15) is 83.1 Å². The molecular formula is C25H51B2O5PS. The Morgan fingerprint density at radius 1 is 0.735 bits per heavy atom. The van der Waals surface area contributed by atoms with Crippen LogP contribution in [0.5, 0.6) is 0 Å². The summed E-state index contributed by atoms with van der Waals surface area (Å²) in [6, 6.07) is 0.0806. The molecule has 0 aliphatic carbocycles. The van der Waals surface area contributed by atoms with Crippen molar-refractivity contribution in [1.82, 2.24) is 0 Å². The quantitative estimate of drug-likeness (QED) is 0.310. The largest absolute Gasteiger partial charge is 0.386 e.